The van der Waals surface area contributed by atoms with Crippen molar-refractivity contribution in [2.75, 3.05) is 19.0 Å². The van der Waals surface area contributed by atoms with Crippen LogP contribution in [0.25, 0.3) is 17.0 Å². The summed E-state index contributed by atoms with van der Waals surface area (Å²) in [5.41, 5.74) is 4.72. The van der Waals surface area contributed by atoms with E-state index in [0.29, 0.717) is 18.9 Å². The fraction of sp³-hybridized carbons (Fsp3) is 0.185. The van der Waals surface area contributed by atoms with Gasteiger partial charge in [-0.15, -0.1) is 0 Å². The molecule has 3 N–H and O–H groups in total. The molecule has 0 saturated carbocycles. The molecule has 4 rings (SSSR count). The molecule has 0 atom stereocenters. The van der Waals surface area contributed by atoms with Crippen molar-refractivity contribution in [2.45, 2.75) is 20.3 Å². The van der Waals surface area contributed by atoms with Gasteiger partial charge in [0.15, 0.2) is 0 Å². The molecule has 1 amide bonds. The molecule has 35 heavy (non-hydrogen) atoms. The SMILES string of the molecule is COc1ccc2[nH]cc(CCN=C(NC(=O)/C=C/c3ccccc3)Nc3nc(C)cc(C)n3)c2c1. The number of aliphatic imine (C=N–C) groups is 1. The Balaban J connectivity index is 1.51. The van der Waals surface area contributed by atoms with Crippen molar-refractivity contribution in [3.8, 4) is 5.75 Å². The molecule has 2 heterocycles. The van der Waals surface area contributed by atoms with Crippen molar-refractivity contribution in [3.63, 3.8) is 0 Å². The van der Waals surface area contributed by atoms with Crippen LogP contribution in [0.1, 0.15) is 22.5 Å². The number of benzene rings is 2. The third-order valence-corrected chi connectivity index (χ3v) is 5.31. The van der Waals surface area contributed by atoms with Crippen LogP contribution in [0.2, 0.25) is 0 Å². The second-order valence-electron chi connectivity index (χ2n) is 8.04. The third-order valence-electron chi connectivity index (χ3n) is 5.31. The zero-order chi connectivity index (χ0) is 24.6. The number of fused-ring (bicyclic) bond motifs is 1. The molecular weight excluding hydrogens is 440 g/mol. The molecule has 0 unspecified atom stereocenters. The maximum absolute atomic E-state index is 12.6. The van der Waals surface area contributed by atoms with Crippen LogP contribution in [-0.4, -0.2) is 40.5 Å². The molecule has 0 spiro atoms. The van der Waals surface area contributed by atoms with E-state index < -0.39 is 0 Å². The number of aryl methyl sites for hydroxylation is 2. The molecule has 4 aromatic rings. The Morgan fingerprint density at radius 2 is 1.86 bits per heavy atom. The smallest absolute Gasteiger partial charge is 0.250 e. The van der Waals surface area contributed by atoms with E-state index in [9.17, 15) is 4.79 Å². The summed E-state index contributed by atoms with van der Waals surface area (Å²) in [4.78, 5) is 29.3. The Morgan fingerprint density at radius 1 is 1.09 bits per heavy atom. The average molecular weight is 469 g/mol. The number of guanidine groups is 1. The lowest BCUT2D eigenvalue weighted by molar-refractivity contribution is -0.115. The van der Waals surface area contributed by atoms with E-state index in [0.717, 1.165) is 39.2 Å². The highest BCUT2D eigenvalue weighted by atomic mass is 16.5. The number of H-pyrrole nitrogens is 1. The standard InChI is InChI=1S/C27H28N6O2/c1-18-15-19(2)31-27(30-18)33-26(32-25(34)12-9-20-7-5-4-6-8-20)28-14-13-21-17-29-24-11-10-22(35-3)16-23(21)24/h4-12,15-17,29H,13-14H2,1-3H3,(H2,28,30,31,32,33,34)/b12-9+. The number of rotatable bonds is 7. The van der Waals surface area contributed by atoms with Gasteiger partial charge in [-0.2, -0.15) is 0 Å². The first kappa shape index (κ1) is 23.7. The summed E-state index contributed by atoms with van der Waals surface area (Å²) < 4.78 is 5.35. The van der Waals surface area contributed by atoms with Crippen LogP contribution in [-0.2, 0) is 11.2 Å². The van der Waals surface area contributed by atoms with Gasteiger partial charge in [0.2, 0.25) is 11.9 Å². The molecule has 8 heteroatoms. The van der Waals surface area contributed by atoms with Crippen LogP contribution in [0, 0.1) is 13.8 Å². The lowest BCUT2D eigenvalue weighted by Crippen LogP contribution is -2.35. The number of anilines is 1. The number of ether oxygens (including phenoxy) is 1. The monoisotopic (exact) mass is 468 g/mol. The fourth-order valence-electron chi connectivity index (χ4n) is 3.67. The average Bonchev–Trinajstić information content (AvgIpc) is 3.25. The number of methoxy groups -OCH3 is 1. The van der Waals surface area contributed by atoms with E-state index in [4.69, 9.17) is 4.74 Å². The van der Waals surface area contributed by atoms with Crippen LogP contribution in [0.15, 0.2) is 71.9 Å². The minimum absolute atomic E-state index is 0.287. The molecule has 2 aromatic heterocycles. The van der Waals surface area contributed by atoms with Crippen LogP contribution >= 0.6 is 0 Å². The molecule has 0 saturated heterocycles. The van der Waals surface area contributed by atoms with Crippen molar-refractivity contribution in [2.24, 2.45) is 4.99 Å². The zero-order valence-electron chi connectivity index (χ0n) is 20.0. The second-order valence-corrected chi connectivity index (χ2v) is 8.04. The molecule has 2 aromatic carbocycles. The zero-order valence-corrected chi connectivity index (χ0v) is 20.0. The van der Waals surface area contributed by atoms with Gasteiger partial charge in [0, 0.05) is 41.1 Å². The number of carbonyl (C=O) groups is 1. The van der Waals surface area contributed by atoms with Gasteiger partial charge in [-0.1, -0.05) is 30.3 Å². The lowest BCUT2D eigenvalue weighted by Gasteiger charge is -2.10. The van der Waals surface area contributed by atoms with Gasteiger partial charge in [-0.3, -0.25) is 20.4 Å². The summed E-state index contributed by atoms with van der Waals surface area (Å²) in [6, 6.07) is 17.4. The molecule has 0 radical (unpaired) electrons. The number of hydrogen-bond donors (Lipinski definition) is 3. The van der Waals surface area contributed by atoms with Gasteiger partial charge < -0.3 is 9.72 Å². The number of amides is 1. The van der Waals surface area contributed by atoms with Crippen LogP contribution in [0.3, 0.4) is 0 Å². The first-order chi connectivity index (χ1) is 17.0. The second kappa shape index (κ2) is 11.1. The van der Waals surface area contributed by atoms with Gasteiger partial charge >= 0.3 is 0 Å². The van der Waals surface area contributed by atoms with Crippen molar-refractivity contribution in [1.29, 1.82) is 0 Å². The Morgan fingerprint density at radius 3 is 2.60 bits per heavy atom. The van der Waals surface area contributed by atoms with E-state index in [1.807, 2.05) is 74.6 Å². The van der Waals surface area contributed by atoms with Gasteiger partial charge in [0.25, 0.3) is 5.91 Å². The van der Waals surface area contributed by atoms with Gasteiger partial charge in [-0.05, 0) is 61.7 Å². The summed E-state index contributed by atoms with van der Waals surface area (Å²) in [5.74, 6) is 1.16. The van der Waals surface area contributed by atoms with Gasteiger partial charge in [0.05, 0.1) is 7.11 Å². The number of nitrogens with one attached hydrogen (secondary N) is 3. The maximum atomic E-state index is 12.6. The Bertz CT molecular complexity index is 1350. The highest BCUT2D eigenvalue weighted by molar-refractivity contribution is 6.08. The summed E-state index contributed by atoms with van der Waals surface area (Å²) in [6.07, 6.45) is 5.86. The third kappa shape index (κ3) is 6.54. The summed E-state index contributed by atoms with van der Waals surface area (Å²) in [5, 5.41) is 6.96. The van der Waals surface area contributed by atoms with Crippen molar-refractivity contribution < 1.29 is 9.53 Å². The van der Waals surface area contributed by atoms with Crippen LogP contribution in [0.4, 0.5) is 5.95 Å². The molecule has 0 aliphatic heterocycles. The Hall–Kier alpha value is -4.46. The number of carbonyl (C=O) groups excluding carboxylic acids is 1. The maximum Gasteiger partial charge on any atom is 0.250 e. The van der Waals surface area contributed by atoms with Gasteiger partial charge in [-0.25, -0.2) is 9.97 Å². The summed E-state index contributed by atoms with van der Waals surface area (Å²) >= 11 is 0. The number of aromatic amines is 1. The minimum Gasteiger partial charge on any atom is -0.497 e. The first-order valence-corrected chi connectivity index (χ1v) is 11.3. The lowest BCUT2D eigenvalue weighted by atomic mass is 10.1. The van der Waals surface area contributed by atoms with Crippen LogP contribution in [0.5, 0.6) is 5.75 Å². The van der Waals surface area contributed by atoms with Crippen molar-refractivity contribution in [1.82, 2.24) is 20.3 Å². The topological polar surface area (TPSA) is 104 Å². The molecule has 0 aliphatic carbocycles. The van der Waals surface area contributed by atoms with Crippen molar-refractivity contribution in [3.05, 3.63) is 89.4 Å². The number of nitrogens with zero attached hydrogens (tertiary/aromatic N) is 3. The molecule has 178 valence electrons. The predicted molar refractivity (Wildman–Crippen MR) is 140 cm³/mol. The summed E-state index contributed by atoms with van der Waals surface area (Å²) in [6.45, 7) is 4.23. The fourth-order valence-corrected chi connectivity index (χ4v) is 3.67. The largest absolute Gasteiger partial charge is 0.497 e. The molecule has 0 bridgehead atoms. The molecule has 0 aliphatic rings. The number of aromatic nitrogens is 3. The molecule has 0 fully saturated rings. The van der Waals surface area contributed by atoms with E-state index in [2.05, 4.69) is 30.6 Å². The Kier molecular flexibility index (Phi) is 7.52. The van der Waals surface area contributed by atoms with E-state index in [-0.39, 0.29) is 11.9 Å². The van der Waals surface area contributed by atoms with Gasteiger partial charge in [0.1, 0.15) is 5.75 Å². The minimum atomic E-state index is -0.304. The normalized spacial score (nSPS) is 11.7. The predicted octanol–water partition coefficient (Wildman–Crippen LogP) is 4.42. The van der Waals surface area contributed by atoms with E-state index in [1.54, 1.807) is 13.2 Å². The van der Waals surface area contributed by atoms with E-state index in [1.165, 1.54) is 6.08 Å². The number of hydrogen-bond acceptors (Lipinski definition) is 5. The van der Waals surface area contributed by atoms with Crippen LogP contribution < -0.4 is 15.4 Å². The molecular formula is C27H28N6O2. The summed E-state index contributed by atoms with van der Waals surface area (Å²) in [7, 11) is 1.65. The van der Waals surface area contributed by atoms with E-state index >= 15 is 0 Å². The van der Waals surface area contributed by atoms with Crippen molar-refractivity contribution >= 4 is 34.8 Å². The highest BCUT2D eigenvalue weighted by Gasteiger charge is 2.09. The quantitative estimate of drug-likeness (QED) is 0.212. The highest BCUT2D eigenvalue weighted by Crippen LogP contribution is 2.24. The Labute approximate surface area is 204 Å². The molecule has 8 nitrogen and oxygen atoms in total. The first-order valence-electron chi connectivity index (χ1n) is 11.3.